The van der Waals surface area contributed by atoms with Crippen LogP contribution in [0.25, 0.3) is 0 Å². The van der Waals surface area contributed by atoms with E-state index in [2.05, 4.69) is 15.3 Å². The molecular formula is C13H14ClN3O. The average molecular weight is 264 g/mol. The highest BCUT2D eigenvalue weighted by Crippen LogP contribution is 2.29. The average Bonchev–Trinajstić information content (AvgIpc) is 2.36. The van der Waals surface area contributed by atoms with Crippen LogP contribution in [0, 0.1) is 6.92 Å². The first-order valence-electron chi connectivity index (χ1n) is 5.70. The maximum absolute atomic E-state index is 6.04. The lowest BCUT2D eigenvalue weighted by Crippen LogP contribution is -2.03. The molecule has 1 N–H and O–H groups in total. The van der Waals surface area contributed by atoms with Gasteiger partial charge in [0.2, 0.25) is 11.8 Å². The smallest absolute Gasteiger partial charge is 0.227 e. The first-order chi connectivity index (χ1) is 8.70. The number of para-hydroxylation sites is 1. The second kappa shape index (κ2) is 5.69. The van der Waals surface area contributed by atoms with Crippen molar-refractivity contribution in [1.29, 1.82) is 0 Å². The van der Waals surface area contributed by atoms with Gasteiger partial charge in [-0.25, -0.2) is 4.98 Å². The summed E-state index contributed by atoms with van der Waals surface area (Å²) in [7, 11) is 0. The van der Waals surface area contributed by atoms with Crippen LogP contribution in [-0.2, 0) is 0 Å². The van der Waals surface area contributed by atoms with E-state index in [0.29, 0.717) is 22.6 Å². The molecule has 0 radical (unpaired) electrons. The number of ether oxygens (including phenoxy) is 1. The SMILES string of the molecule is CCNc1ncc(C)c(Oc2ccccc2Cl)n1. The predicted molar refractivity (Wildman–Crippen MR) is 72.5 cm³/mol. The van der Waals surface area contributed by atoms with Crippen LogP contribution < -0.4 is 10.1 Å². The van der Waals surface area contributed by atoms with Crippen LogP contribution >= 0.6 is 11.6 Å². The molecule has 1 aromatic heterocycles. The topological polar surface area (TPSA) is 47.0 Å². The van der Waals surface area contributed by atoms with E-state index in [1.54, 1.807) is 18.3 Å². The molecule has 0 aliphatic heterocycles. The van der Waals surface area contributed by atoms with Gasteiger partial charge in [-0.3, -0.25) is 0 Å². The quantitative estimate of drug-likeness (QED) is 0.914. The maximum Gasteiger partial charge on any atom is 0.227 e. The van der Waals surface area contributed by atoms with Gasteiger partial charge in [0.15, 0.2) is 0 Å². The van der Waals surface area contributed by atoms with Crippen molar-refractivity contribution >= 4 is 17.5 Å². The van der Waals surface area contributed by atoms with Gasteiger partial charge in [-0.2, -0.15) is 4.98 Å². The number of nitrogens with one attached hydrogen (secondary N) is 1. The zero-order valence-corrected chi connectivity index (χ0v) is 11.0. The zero-order chi connectivity index (χ0) is 13.0. The lowest BCUT2D eigenvalue weighted by atomic mass is 10.3. The Balaban J connectivity index is 2.28. The lowest BCUT2D eigenvalue weighted by molar-refractivity contribution is 0.458. The maximum atomic E-state index is 6.04. The summed E-state index contributed by atoms with van der Waals surface area (Å²) < 4.78 is 5.70. The molecule has 0 amide bonds. The molecule has 4 nitrogen and oxygen atoms in total. The molecule has 0 saturated heterocycles. The number of benzene rings is 1. The van der Waals surface area contributed by atoms with E-state index in [1.807, 2.05) is 26.0 Å². The molecule has 2 rings (SSSR count). The van der Waals surface area contributed by atoms with E-state index in [9.17, 15) is 0 Å². The van der Waals surface area contributed by atoms with Gasteiger partial charge in [0.1, 0.15) is 5.75 Å². The lowest BCUT2D eigenvalue weighted by Gasteiger charge is -2.10. The fourth-order valence-electron chi connectivity index (χ4n) is 1.40. The monoisotopic (exact) mass is 263 g/mol. The Morgan fingerprint density at radius 1 is 1.33 bits per heavy atom. The van der Waals surface area contributed by atoms with Crippen molar-refractivity contribution in [2.75, 3.05) is 11.9 Å². The predicted octanol–water partition coefficient (Wildman–Crippen LogP) is 3.66. The van der Waals surface area contributed by atoms with Gasteiger partial charge in [-0.05, 0) is 26.0 Å². The summed E-state index contributed by atoms with van der Waals surface area (Å²) >= 11 is 6.04. The third-order valence-electron chi connectivity index (χ3n) is 2.30. The number of nitrogens with zero attached hydrogens (tertiary/aromatic N) is 2. The number of halogens is 1. The number of aryl methyl sites for hydroxylation is 1. The van der Waals surface area contributed by atoms with Crippen molar-refractivity contribution in [3.05, 3.63) is 41.0 Å². The van der Waals surface area contributed by atoms with E-state index in [1.165, 1.54) is 0 Å². The molecule has 94 valence electrons. The highest BCUT2D eigenvalue weighted by molar-refractivity contribution is 6.32. The van der Waals surface area contributed by atoms with Crippen molar-refractivity contribution < 1.29 is 4.74 Å². The second-order valence-electron chi connectivity index (χ2n) is 3.74. The van der Waals surface area contributed by atoms with Crippen molar-refractivity contribution in [2.45, 2.75) is 13.8 Å². The van der Waals surface area contributed by atoms with Gasteiger partial charge in [-0.1, -0.05) is 23.7 Å². The molecule has 5 heteroatoms. The summed E-state index contributed by atoms with van der Waals surface area (Å²) in [5, 5.41) is 3.60. The highest BCUT2D eigenvalue weighted by atomic mass is 35.5. The largest absolute Gasteiger partial charge is 0.437 e. The Morgan fingerprint density at radius 2 is 2.11 bits per heavy atom. The Kier molecular flexibility index (Phi) is 3.99. The summed E-state index contributed by atoms with van der Waals surface area (Å²) in [6.07, 6.45) is 1.72. The molecule has 0 saturated carbocycles. The fraction of sp³-hybridized carbons (Fsp3) is 0.231. The van der Waals surface area contributed by atoms with E-state index >= 15 is 0 Å². The summed E-state index contributed by atoms with van der Waals surface area (Å²) in [5.41, 5.74) is 0.858. The summed E-state index contributed by atoms with van der Waals surface area (Å²) in [5.74, 6) is 1.64. The highest BCUT2D eigenvalue weighted by Gasteiger charge is 2.08. The van der Waals surface area contributed by atoms with Crippen molar-refractivity contribution in [2.24, 2.45) is 0 Å². The van der Waals surface area contributed by atoms with E-state index < -0.39 is 0 Å². The summed E-state index contributed by atoms with van der Waals surface area (Å²) in [4.78, 5) is 8.45. The Morgan fingerprint density at radius 3 is 2.83 bits per heavy atom. The van der Waals surface area contributed by atoms with Gasteiger partial charge in [0.25, 0.3) is 0 Å². The normalized spacial score (nSPS) is 10.2. The van der Waals surface area contributed by atoms with E-state index in [-0.39, 0.29) is 0 Å². The minimum absolute atomic E-state index is 0.508. The number of rotatable bonds is 4. The van der Waals surface area contributed by atoms with Gasteiger partial charge in [-0.15, -0.1) is 0 Å². The first kappa shape index (κ1) is 12.6. The molecule has 0 aliphatic carbocycles. The minimum Gasteiger partial charge on any atom is -0.437 e. The Hall–Kier alpha value is -1.81. The molecule has 0 spiro atoms. The van der Waals surface area contributed by atoms with Crippen LogP contribution in [0.2, 0.25) is 5.02 Å². The Bertz CT molecular complexity index is 546. The molecule has 2 aromatic rings. The zero-order valence-electron chi connectivity index (χ0n) is 10.3. The standard InChI is InChI=1S/C13H14ClN3O/c1-3-15-13-16-8-9(2)12(17-13)18-11-7-5-4-6-10(11)14/h4-8H,3H2,1-2H3,(H,15,16,17). The summed E-state index contributed by atoms with van der Waals surface area (Å²) in [6.45, 7) is 4.63. The van der Waals surface area contributed by atoms with Crippen LogP contribution in [0.5, 0.6) is 11.6 Å². The molecule has 0 unspecified atom stereocenters. The van der Waals surface area contributed by atoms with Crippen molar-refractivity contribution in [3.63, 3.8) is 0 Å². The van der Waals surface area contributed by atoms with Crippen molar-refractivity contribution in [1.82, 2.24) is 9.97 Å². The molecular weight excluding hydrogens is 250 g/mol. The van der Waals surface area contributed by atoms with Crippen LogP contribution in [0.3, 0.4) is 0 Å². The third kappa shape index (κ3) is 2.90. The second-order valence-corrected chi connectivity index (χ2v) is 4.15. The van der Waals surface area contributed by atoms with Crippen LogP contribution in [0.15, 0.2) is 30.5 Å². The van der Waals surface area contributed by atoms with E-state index in [4.69, 9.17) is 16.3 Å². The molecule has 0 aliphatic rings. The number of hydrogen-bond donors (Lipinski definition) is 1. The molecule has 0 atom stereocenters. The Labute approximate surface area is 111 Å². The third-order valence-corrected chi connectivity index (χ3v) is 2.62. The van der Waals surface area contributed by atoms with Gasteiger partial charge < -0.3 is 10.1 Å². The molecule has 1 aromatic carbocycles. The number of anilines is 1. The molecule has 0 fully saturated rings. The van der Waals surface area contributed by atoms with E-state index in [0.717, 1.165) is 12.1 Å². The fourth-order valence-corrected chi connectivity index (χ4v) is 1.58. The summed E-state index contributed by atoms with van der Waals surface area (Å²) in [6, 6.07) is 7.30. The first-order valence-corrected chi connectivity index (χ1v) is 6.08. The van der Waals surface area contributed by atoms with Gasteiger partial charge in [0, 0.05) is 18.3 Å². The van der Waals surface area contributed by atoms with Crippen LogP contribution in [0.4, 0.5) is 5.95 Å². The molecule has 18 heavy (non-hydrogen) atoms. The molecule has 0 bridgehead atoms. The number of hydrogen-bond acceptors (Lipinski definition) is 4. The van der Waals surface area contributed by atoms with Crippen LogP contribution in [0.1, 0.15) is 12.5 Å². The molecule has 1 heterocycles. The van der Waals surface area contributed by atoms with Crippen LogP contribution in [-0.4, -0.2) is 16.5 Å². The van der Waals surface area contributed by atoms with Gasteiger partial charge >= 0.3 is 0 Å². The van der Waals surface area contributed by atoms with Gasteiger partial charge in [0.05, 0.1) is 5.02 Å². The minimum atomic E-state index is 0.508. The number of aromatic nitrogens is 2. The van der Waals surface area contributed by atoms with Crippen molar-refractivity contribution in [3.8, 4) is 11.6 Å².